The maximum Gasteiger partial charge on any atom is 0.322 e. The highest BCUT2D eigenvalue weighted by molar-refractivity contribution is 5.87. The predicted octanol–water partition coefficient (Wildman–Crippen LogP) is 5.13. The fourth-order valence-corrected chi connectivity index (χ4v) is 3.90. The highest BCUT2D eigenvalue weighted by atomic mass is 19.1. The predicted molar refractivity (Wildman–Crippen MR) is 124 cm³/mol. The van der Waals surface area contributed by atoms with E-state index in [0.717, 1.165) is 6.42 Å². The number of nitrogens with zero attached hydrogens (tertiary/aromatic N) is 3. The summed E-state index contributed by atoms with van der Waals surface area (Å²) in [4.78, 5) is 19.2. The molecule has 4 rings (SSSR count). The van der Waals surface area contributed by atoms with Gasteiger partial charge in [0.25, 0.3) is 5.89 Å². The zero-order chi connectivity index (χ0) is 24.4. The number of rotatable bonds is 7. The zero-order valence-corrected chi connectivity index (χ0v) is 19.5. The van der Waals surface area contributed by atoms with E-state index in [0.29, 0.717) is 46.4 Å². The van der Waals surface area contributed by atoms with Crippen LogP contribution in [0.1, 0.15) is 44.7 Å². The van der Waals surface area contributed by atoms with Gasteiger partial charge < -0.3 is 19.7 Å². The fraction of sp³-hybridized carbons (Fsp3) is 0.320. The Bertz CT molecular complexity index is 1220. The van der Waals surface area contributed by atoms with E-state index in [1.54, 1.807) is 29.2 Å². The number of aromatic nitrogens is 2. The molecule has 0 fully saturated rings. The van der Waals surface area contributed by atoms with E-state index in [9.17, 15) is 14.3 Å². The fourth-order valence-electron chi connectivity index (χ4n) is 3.90. The van der Waals surface area contributed by atoms with Crippen molar-refractivity contribution in [2.24, 2.45) is 5.92 Å². The highest BCUT2D eigenvalue weighted by Gasteiger charge is 2.36. The number of urea groups is 1. The van der Waals surface area contributed by atoms with Crippen LogP contribution in [0.2, 0.25) is 0 Å². The van der Waals surface area contributed by atoms with Crippen molar-refractivity contribution in [1.29, 1.82) is 0 Å². The summed E-state index contributed by atoms with van der Waals surface area (Å²) in [5.41, 5.74) is 2.53. The van der Waals surface area contributed by atoms with Crippen LogP contribution in [0.5, 0.6) is 11.5 Å². The molecule has 1 atom stereocenters. The van der Waals surface area contributed by atoms with E-state index < -0.39 is 6.04 Å². The number of methoxy groups -OCH3 is 1. The molecule has 0 spiro atoms. The highest BCUT2D eigenvalue weighted by Crippen LogP contribution is 2.39. The average Bonchev–Trinajstić information content (AvgIpc) is 3.28. The van der Waals surface area contributed by atoms with Crippen LogP contribution in [0.15, 0.2) is 52.7 Å². The quantitative estimate of drug-likeness (QED) is 0.500. The average molecular weight is 467 g/mol. The van der Waals surface area contributed by atoms with Gasteiger partial charge in [-0.2, -0.15) is 4.98 Å². The summed E-state index contributed by atoms with van der Waals surface area (Å²) in [6, 6.07) is 9.84. The van der Waals surface area contributed by atoms with Crippen LogP contribution in [0.4, 0.5) is 9.18 Å². The molecule has 1 aliphatic heterocycles. The summed E-state index contributed by atoms with van der Waals surface area (Å²) >= 11 is 0. The number of benzene rings is 2. The van der Waals surface area contributed by atoms with E-state index in [2.05, 4.69) is 29.3 Å². The SMILES string of the molecule is COc1ccc(C2NC(=O)N(CCC(C)C)C(C)=C2c2nc(-c3ccc(F)cc3)no2)cc1O. The lowest BCUT2D eigenvalue weighted by atomic mass is 9.94. The van der Waals surface area contributed by atoms with Gasteiger partial charge in [-0.3, -0.25) is 4.90 Å². The summed E-state index contributed by atoms with van der Waals surface area (Å²) in [6.07, 6.45) is 0.816. The smallest absolute Gasteiger partial charge is 0.322 e. The molecule has 9 heteroatoms. The third-order valence-corrected chi connectivity index (χ3v) is 5.82. The van der Waals surface area contributed by atoms with E-state index >= 15 is 0 Å². The number of ether oxygens (including phenoxy) is 1. The van der Waals surface area contributed by atoms with Crippen LogP contribution in [-0.4, -0.2) is 39.8 Å². The molecular formula is C25H27FN4O4. The second-order valence-electron chi connectivity index (χ2n) is 8.58. The Labute approximate surface area is 197 Å². The molecule has 8 nitrogen and oxygen atoms in total. The van der Waals surface area contributed by atoms with Crippen LogP contribution in [0, 0.1) is 11.7 Å². The summed E-state index contributed by atoms with van der Waals surface area (Å²) < 4.78 is 24.1. The normalized spacial score (nSPS) is 16.2. The number of phenolic OH excluding ortho intramolecular Hbond substituents is 1. The van der Waals surface area contributed by atoms with Crippen LogP contribution in [-0.2, 0) is 0 Å². The van der Waals surface area contributed by atoms with Crippen molar-refractivity contribution in [1.82, 2.24) is 20.4 Å². The van der Waals surface area contributed by atoms with Gasteiger partial charge in [-0.1, -0.05) is 25.1 Å². The van der Waals surface area contributed by atoms with Crippen molar-refractivity contribution in [2.45, 2.75) is 33.2 Å². The third-order valence-electron chi connectivity index (χ3n) is 5.82. The van der Waals surface area contributed by atoms with Gasteiger partial charge in [-0.15, -0.1) is 0 Å². The Morgan fingerprint density at radius 1 is 1.24 bits per heavy atom. The molecular weight excluding hydrogens is 439 g/mol. The minimum atomic E-state index is -0.638. The zero-order valence-electron chi connectivity index (χ0n) is 19.5. The van der Waals surface area contributed by atoms with Crippen molar-refractivity contribution in [3.8, 4) is 22.9 Å². The molecule has 2 heterocycles. The molecule has 0 bridgehead atoms. The number of carbonyl (C=O) groups is 1. The molecule has 1 aliphatic rings. The van der Waals surface area contributed by atoms with Gasteiger partial charge >= 0.3 is 6.03 Å². The van der Waals surface area contributed by atoms with Crippen LogP contribution < -0.4 is 10.1 Å². The van der Waals surface area contributed by atoms with Gasteiger partial charge in [0.2, 0.25) is 5.82 Å². The number of nitrogens with one attached hydrogen (secondary N) is 1. The Morgan fingerprint density at radius 2 is 1.97 bits per heavy atom. The van der Waals surface area contributed by atoms with Gasteiger partial charge in [0.05, 0.1) is 18.7 Å². The number of allylic oxidation sites excluding steroid dienone is 1. The molecule has 3 aromatic rings. The minimum Gasteiger partial charge on any atom is -0.504 e. The molecule has 34 heavy (non-hydrogen) atoms. The van der Waals surface area contributed by atoms with E-state index in [4.69, 9.17) is 9.26 Å². The van der Waals surface area contributed by atoms with Gasteiger partial charge in [0, 0.05) is 17.8 Å². The van der Waals surface area contributed by atoms with Crippen LogP contribution >= 0.6 is 0 Å². The number of hydrogen-bond acceptors (Lipinski definition) is 6. The molecule has 1 unspecified atom stereocenters. The Hall–Kier alpha value is -3.88. The molecule has 1 aromatic heterocycles. The largest absolute Gasteiger partial charge is 0.504 e. The molecule has 0 saturated carbocycles. The number of carbonyl (C=O) groups excluding carboxylic acids is 1. The lowest BCUT2D eigenvalue weighted by Crippen LogP contribution is -2.46. The third kappa shape index (κ3) is 4.59. The Kier molecular flexibility index (Phi) is 6.54. The Balaban J connectivity index is 1.79. The van der Waals surface area contributed by atoms with E-state index in [1.807, 2.05) is 6.92 Å². The first-order chi connectivity index (χ1) is 16.3. The maximum atomic E-state index is 13.3. The standard InChI is InChI=1S/C25H27FN4O4/c1-14(2)11-12-30-15(3)21(24-28-23(29-34-24)16-5-8-18(26)9-6-16)22(27-25(30)32)17-7-10-20(33-4)19(31)13-17/h5-10,13-14,22,31H,11-12H2,1-4H3,(H,27,32). The van der Waals surface area contributed by atoms with Crippen LogP contribution in [0.3, 0.4) is 0 Å². The minimum absolute atomic E-state index is 0.0500. The van der Waals surface area contributed by atoms with Crippen molar-refractivity contribution in [2.75, 3.05) is 13.7 Å². The topological polar surface area (TPSA) is 101 Å². The van der Waals surface area contributed by atoms with Crippen molar-refractivity contribution in [3.05, 3.63) is 65.4 Å². The van der Waals surface area contributed by atoms with Crippen molar-refractivity contribution < 1.29 is 23.6 Å². The molecule has 0 aliphatic carbocycles. The monoisotopic (exact) mass is 466 g/mol. The first-order valence-electron chi connectivity index (χ1n) is 11.0. The lowest BCUT2D eigenvalue weighted by Gasteiger charge is -2.35. The summed E-state index contributed by atoms with van der Waals surface area (Å²) in [6.45, 7) is 6.56. The first kappa shape index (κ1) is 23.3. The van der Waals surface area contributed by atoms with Gasteiger partial charge in [0.1, 0.15) is 5.82 Å². The molecule has 2 aromatic carbocycles. The molecule has 0 radical (unpaired) electrons. The summed E-state index contributed by atoms with van der Waals surface area (Å²) in [7, 11) is 1.47. The number of halogens is 1. The van der Waals surface area contributed by atoms with E-state index in [-0.39, 0.29) is 23.5 Å². The van der Waals surface area contributed by atoms with Gasteiger partial charge in [0.15, 0.2) is 11.5 Å². The lowest BCUT2D eigenvalue weighted by molar-refractivity contribution is 0.202. The van der Waals surface area contributed by atoms with Crippen LogP contribution in [0.25, 0.3) is 17.0 Å². The number of phenols is 1. The molecule has 2 N–H and O–H groups in total. The van der Waals surface area contributed by atoms with Crippen molar-refractivity contribution in [3.63, 3.8) is 0 Å². The summed E-state index contributed by atoms with van der Waals surface area (Å²) in [5.74, 6) is 0.855. The molecule has 178 valence electrons. The second kappa shape index (κ2) is 9.54. The Morgan fingerprint density at radius 3 is 2.62 bits per heavy atom. The van der Waals surface area contributed by atoms with Crippen molar-refractivity contribution >= 4 is 11.6 Å². The number of amides is 2. The molecule has 0 saturated heterocycles. The molecule has 2 amide bonds. The number of aromatic hydroxyl groups is 1. The van der Waals surface area contributed by atoms with E-state index in [1.165, 1.54) is 25.3 Å². The van der Waals surface area contributed by atoms with Gasteiger partial charge in [-0.05, 0) is 61.2 Å². The maximum absolute atomic E-state index is 13.3. The first-order valence-corrected chi connectivity index (χ1v) is 11.0. The van der Waals surface area contributed by atoms with Gasteiger partial charge in [-0.25, -0.2) is 9.18 Å². The second-order valence-corrected chi connectivity index (χ2v) is 8.58. The number of hydrogen-bond donors (Lipinski definition) is 2. The summed E-state index contributed by atoms with van der Waals surface area (Å²) in [5, 5.41) is 17.4.